The molecule has 0 saturated carbocycles. The molecule has 1 amide bonds. The monoisotopic (exact) mass is 268 g/mol. The SMILES string of the molecule is O=C(C1CCSC1)N1CCCC(C2CCCN2)C1. The highest BCUT2D eigenvalue weighted by Crippen LogP contribution is 2.29. The van der Waals surface area contributed by atoms with E-state index in [4.69, 9.17) is 0 Å². The Labute approximate surface area is 114 Å². The molecule has 4 heteroatoms. The number of carbonyl (C=O) groups is 1. The number of thioether (sulfide) groups is 1. The molecule has 102 valence electrons. The zero-order chi connectivity index (χ0) is 12.4. The van der Waals surface area contributed by atoms with Crippen LogP contribution in [0.1, 0.15) is 32.1 Å². The molecule has 0 radical (unpaired) electrons. The van der Waals surface area contributed by atoms with Crippen molar-refractivity contribution in [2.24, 2.45) is 11.8 Å². The Morgan fingerprint density at radius 3 is 2.89 bits per heavy atom. The molecule has 3 nitrogen and oxygen atoms in total. The maximum atomic E-state index is 12.5. The molecule has 0 aromatic heterocycles. The molecule has 1 N–H and O–H groups in total. The van der Waals surface area contributed by atoms with Crippen LogP contribution in [-0.2, 0) is 4.79 Å². The first-order chi connectivity index (χ1) is 8.84. The van der Waals surface area contributed by atoms with E-state index in [0.717, 1.165) is 25.3 Å². The lowest BCUT2D eigenvalue weighted by molar-refractivity contribution is -0.136. The van der Waals surface area contributed by atoms with Gasteiger partial charge in [-0.25, -0.2) is 0 Å². The molecule has 0 bridgehead atoms. The molecule has 3 aliphatic rings. The van der Waals surface area contributed by atoms with Gasteiger partial charge in [-0.05, 0) is 50.3 Å². The largest absolute Gasteiger partial charge is 0.342 e. The van der Waals surface area contributed by atoms with Crippen molar-refractivity contribution in [2.45, 2.75) is 38.1 Å². The first-order valence-corrected chi connectivity index (χ1v) is 8.60. The number of likely N-dealkylation sites (tertiary alicyclic amines) is 1. The number of amides is 1. The van der Waals surface area contributed by atoms with Crippen LogP contribution in [0.25, 0.3) is 0 Å². The lowest BCUT2D eigenvalue weighted by Crippen LogP contribution is -2.47. The highest BCUT2D eigenvalue weighted by molar-refractivity contribution is 7.99. The van der Waals surface area contributed by atoms with Gasteiger partial charge in [0.05, 0.1) is 0 Å². The first kappa shape index (κ1) is 12.8. The maximum Gasteiger partial charge on any atom is 0.226 e. The second kappa shape index (κ2) is 5.83. The van der Waals surface area contributed by atoms with E-state index < -0.39 is 0 Å². The molecular formula is C14H24N2OS. The standard InChI is InChI=1S/C14H24N2OS/c17-14(12-5-8-18-10-12)16-7-2-3-11(9-16)13-4-1-6-15-13/h11-13,15H,1-10H2. The second-order valence-electron chi connectivity index (χ2n) is 5.95. The van der Waals surface area contributed by atoms with E-state index in [1.165, 1.54) is 38.0 Å². The molecule has 0 spiro atoms. The number of hydrogen-bond donors (Lipinski definition) is 1. The van der Waals surface area contributed by atoms with Crippen molar-refractivity contribution in [3.63, 3.8) is 0 Å². The Kier molecular flexibility index (Phi) is 4.14. The molecule has 3 aliphatic heterocycles. The fraction of sp³-hybridized carbons (Fsp3) is 0.929. The Morgan fingerprint density at radius 1 is 1.22 bits per heavy atom. The van der Waals surface area contributed by atoms with E-state index >= 15 is 0 Å². The smallest absolute Gasteiger partial charge is 0.226 e. The quantitative estimate of drug-likeness (QED) is 0.828. The molecule has 0 aromatic carbocycles. The third kappa shape index (κ3) is 2.69. The Morgan fingerprint density at radius 2 is 2.17 bits per heavy atom. The summed E-state index contributed by atoms with van der Waals surface area (Å²) in [6.07, 6.45) is 6.24. The summed E-state index contributed by atoms with van der Waals surface area (Å²) >= 11 is 1.94. The van der Waals surface area contributed by atoms with Crippen LogP contribution >= 0.6 is 11.8 Å². The zero-order valence-corrected chi connectivity index (χ0v) is 11.9. The van der Waals surface area contributed by atoms with Crippen LogP contribution in [-0.4, -0.2) is 48.0 Å². The number of piperidine rings is 1. The number of carbonyl (C=O) groups excluding carboxylic acids is 1. The van der Waals surface area contributed by atoms with Crippen LogP contribution < -0.4 is 5.32 Å². The summed E-state index contributed by atoms with van der Waals surface area (Å²) < 4.78 is 0. The molecule has 0 aromatic rings. The minimum Gasteiger partial charge on any atom is -0.342 e. The molecule has 3 heterocycles. The van der Waals surface area contributed by atoms with E-state index in [9.17, 15) is 4.79 Å². The molecular weight excluding hydrogens is 244 g/mol. The number of rotatable bonds is 2. The van der Waals surface area contributed by atoms with Crippen molar-refractivity contribution < 1.29 is 4.79 Å². The van der Waals surface area contributed by atoms with E-state index in [0.29, 0.717) is 23.8 Å². The minimum absolute atomic E-state index is 0.324. The fourth-order valence-corrected chi connectivity index (χ4v) is 4.85. The van der Waals surface area contributed by atoms with Crippen LogP contribution in [0.4, 0.5) is 0 Å². The molecule has 3 fully saturated rings. The number of hydrogen-bond acceptors (Lipinski definition) is 3. The topological polar surface area (TPSA) is 32.3 Å². The van der Waals surface area contributed by atoms with Gasteiger partial charge in [-0.1, -0.05) is 0 Å². The van der Waals surface area contributed by atoms with Crippen LogP contribution in [0.15, 0.2) is 0 Å². The summed E-state index contributed by atoms with van der Waals surface area (Å²) in [6, 6.07) is 0.679. The van der Waals surface area contributed by atoms with Crippen molar-refractivity contribution in [1.29, 1.82) is 0 Å². The van der Waals surface area contributed by atoms with Crippen molar-refractivity contribution in [2.75, 3.05) is 31.1 Å². The Bertz CT molecular complexity index is 298. The average Bonchev–Trinajstić information content (AvgIpc) is 3.11. The van der Waals surface area contributed by atoms with Gasteiger partial charge in [-0.3, -0.25) is 4.79 Å². The van der Waals surface area contributed by atoms with E-state index in [1.54, 1.807) is 0 Å². The molecule has 3 rings (SSSR count). The third-order valence-electron chi connectivity index (χ3n) is 4.72. The molecule has 18 heavy (non-hydrogen) atoms. The van der Waals surface area contributed by atoms with E-state index in [1.807, 2.05) is 11.8 Å². The van der Waals surface area contributed by atoms with E-state index in [2.05, 4.69) is 10.2 Å². The van der Waals surface area contributed by atoms with Gasteiger partial charge in [0, 0.05) is 30.8 Å². The summed E-state index contributed by atoms with van der Waals surface area (Å²) in [4.78, 5) is 14.6. The summed E-state index contributed by atoms with van der Waals surface area (Å²) in [7, 11) is 0. The van der Waals surface area contributed by atoms with Gasteiger partial charge in [0.1, 0.15) is 0 Å². The van der Waals surface area contributed by atoms with Gasteiger partial charge in [-0.15, -0.1) is 0 Å². The summed E-state index contributed by atoms with van der Waals surface area (Å²) in [6.45, 7) is 3.19. The predicted molar refractivity (Wildman–Crippen MR) is 75.8 cm³/mol. The van der Waals surface area contributed by atoms with Crippen LogP contribution in [0.5, 0.6) is 0 Å². The first-order valence-electron chi connectivity index (χ1n) is 7.44. The van der Waals surface area contributed by atoms with Crippen LogP contribution in [0, 0.1) is 11.8 Å². The highest BCUT2D eigenvalue weighted by atomic mass is 32.2. The lowest BCUT2D eigenvalue weighted by Gasteiger charge is -2.37. The van der Waals surface area contributed by atoms with Gasteiger partial charge in [0.2, 0.25) is 5.91 Å². The van der Waals surface area contributed by atoms with Gasteiger partial charge < -0.3 is 10.2 Å². The van der Waals surface area contributed by atoms with Gasteiger partial charge in [0.25, 0.3) is 0 Å². The Hall–Kier alpha value is -0.220. The van der Waals surface area contributed by atoms with Gasteiger partial charge in [0.15, 0.2) is 0 Å². The summed E-state index contributed by atoms with van der Waals surface area (Å²) in [5, 5.41) is 3.61. The highest BCUT2D eigenvalue weighted by Gasteiger charge is 2.34. The maximum absolute atomic E-state index is 12.5. The van der Waals surface area contributed by atoms with Crippen molar-refractivity contribution >= 4 is 17.7 Å². The van der Waals surface area contributed by atoms with E-state index in [-0.39, 0.29) is 0 Å². The lowest BCUT2D eigenvalue weighted by atomic mass is 9.89. The summed E-state index contributed by atoms with van der Waals surface area (Å²) in [5.74, 6) is 3.71. The van der Waals surface area contributed by atoms with Crippen LogP contribution in [0.2, 0.25) is 0 Å². The molecule has 0 aliphatic carbocycles. The van der Waals surface area contributed by atoms with Crippen molar-refractivity contribution in [3.8, 4) is 0 Å². The Balaban J connectivity index is 1.57. The van der Waals surface area contributed by atoms with Crippen LogP contribution in [0.3, 0.4) is 0 Å². The number of nitrogens with one attached hydrogen (secondary N) is 1. The molecule has 3 unspecified atom stereocenters. The van der Waals surface area contributed by atoms with Gasteiger partial charge in [-0.2, -0.15) is 11.8 Å². The average molecular weight is 268 g/mol. The fourth-order valence-electron chi connectivity index (χ4n) is 3.64. The predicted octanol–water partition coefficient (Wildman–Crippen LogP) is 1.73. The third-order valence-corrected chi connectivity index (χ3v) is 5.88. The summed E-state index contributed by atoms with van der Waals surface area (Å²) in [5.41, 5.74) is 0. The molecule has 3 saturated heterocycles. The van der Waals surface area contributed by atoms with Crippen molar-refractivity contribution in [3.05, 3.63) is 0 Å². The van der Waals surface area contributed by atoms with Crippen molar-refractivity contribution in [1.82, 2.24) is 10.2 Å². The number of nitrogens with zero attached hydrogens (tertiary/aromatic N) is 1. The second-order valence-corrected chi connectivity index (χ2v) is 7.10. The molecule has 3 atom stereocenters. The zero-order valence-electron chi connectivity index (χ0n) is 11.1. The minimum atomic E-state index is 0.324. The van der Waals surface area contributed by atoms with Gasteiger partial charge >= 0.3 is 0 Å². The normalized spacial score (nSPS) is 37.1.